The molecule has 0 bridgehead atoms. The molecule has 12 heavy (non-hydrogen) atoms. The summed E-state index contributed by atoms with van der Waals surface area (Å²) in [6, 6.07) is 0. The molecule has 0 aliphatic heterocycles. The number of carbonyl (C=O) groups is 1. The van der Waals surface area contributed by atoms with E-state index in [1.165, 1.54) is 19.3 Å². The van der Waals surface area contributed by atoms with Gasteiger partial charge >= 0.3 is 31.8 Å². The van der Waals surface area contributed by atoms with Crippen LogP contribution in [0.25, 0.3) is 0 Å². The molecule has 3 heteroatoms. The van der Waals surface area contributed by atoms with E-state index in [0.717, 1.165) is 25.7 Å². The minimum atomic E-state index is -0.591. The number of aliphatic carboxylic acids is 1. The van der Waals surface area contributed by atoms with Crippen molar-refractivity contribution in [1.29, 1.82) is 0 Å². The van der Waals surface area contributed by atoms with Gasteiger partial charge in [-0.1, -0.05) is 32.1 Å². The fourth-order valence-electron chi connectivity index (χ4n) is 1.70. The molecule has 1 aliphatic carbocycles. The molecule has 1 fully saturated rings. The van der Waals surface area contributed by atoms with Gasteiger partial charge in [0.1, 0.15) is 0 Å². The molecule has 1 N–H and O–H groups in total. The van der Waals surface area contributed by atoms with Gasteiger partial charge in [0.25, 0.3) is 0 Å². The monoisotopic (exact) mass is 274 g/mol. The number of hydrogen-bond donors (Lipinski definition) is 1. The van der Waals surface area contributed by atoms with Crippen molar-refractivity contribution in [3.05, 3.63) is 0 Å². The summed E-state index contributed by atoms with van der Waals surface area (Å²) >= 11 is 0. The molecular formula is C9H19InO2. The van der Waals surface area contributed by atoms with Gasteiger partial charge in [0.05, 0.1) is 5.92 Å². The molecule has 0 aromatic carbocycles. The third-order valence-corrected chi connectivity index (χ3v) is 2.45. The van der Waals surface area contributed by atoms with E-state index in [1.54, 1.807) is 0 Å². The zero-order chi connectivity index (χ0) is 8.10. The van der Waals surface area contributed by atoms with Crippen molar-refractivity contribution >= 4 is 31.8 Å². The van der Waals surface area contributed by atoms with Crippen LogP contribution in [0.4, 0.5) is 0 Å². The average molecular weight is 274 g/mol. The molecule has 1 saturated carbocycles. The molecule has 0 spiro atoms. The van der Waals surface area contributed by atoms with Crippen molar-refractivity contribution in [2.24, 2.45) is 5.92 Å². The van der Waals surface area contributed by atoms with Gasteiger partial charge in [0, 0.05) is 0 Å². The fourth-order valence-corrected chi connectivity index (χ4v) is 1.70. The molecule has 0 saturated heterocycles. The standard InChI is InChI=1S/C9H16O2.In.3H/c10-9(11)8-6-4-2-1-3-5-7-8;;;;/h8H,1-7H2,(H,10,11);;;;. The second-order valence-electron chi connectivity index (χ2n) is 3.38. The maximum absolute atomic E-state index is 10.6. The summed E-state index contributed by atoms with van der Waals surface area (Å²) in [5.41, 5.74) is 0. The van der Waals surface area contributed by atoms with Crippen LogP contribution < -0.4 is 0 Å². The molecule has 2 nitrogen and oxygen atoms in total. The summed E-state index contributed by atoms with van der Waals surface area (Å²) in [6.45, 7) is 0. The van der Waals surface area contributed by atoms with E-state index in [-0.39, 0.29) is 31.8 Å². The Hall–Kier alpha value is 0.340. The van der Waals surface area contributed by atoms with Crippen molar-refractivity contribution in [2.45, 2.75) is 44.9 Å². The van der Waals surface area contributed by atoms with Crippen molar-refractivity contribution in [3.63, 3.8) is 0 Å². The molecule has 70 valence electrons. The molecule has 0 radical (unpaired) electrons. The predicted molar refractivity (Wildman–Crippen MR) is 53.4 cm³/mol. The van der Waals surface area contributed by atoms with Gasteiger partial charge in [0.2, 0.25) is 0 Å². The Morgan fingerprint density at radius 1 is 1.00 bits per heavy atom. The SMILES string of the molecule is O=C(O)C1CCCCCCC1.[InH3]. The van der Waals surface area contributed by atoms with E-state index in [4.69, 9.17) is 5.11 Å². The van der Waals surface area contributed by atoms with Crippen molar-refractivity contribution in [1.82, 2.24) is 0 Å². The zero-order valence-corrected chi connectivity index (χ0v) is 6.88. The Morgan fingerprint density at radius 2 is 1.42 bits per heavy atom. The first-order valence-corrected chi connectivity index (χ1v) is 4.53. The van der Waals surface area contributed by atoms with Crippen LogP contribution in [0.1, 0.15) is 44.9 Å². The van der Waals surface area contributed by atoms with E-state index in [0.29, 0.717) is 0 Å². The zero-order valence-electron chi connectivity index (χ0n) is 6.88. The van der Waals surface area contributed by atoms with E-state index in [1.807, 2.05) is 0 Å². The molecule has 1 aliphatic rings. The van der Waals surface area contributed by atoms with Gasteiger partial charge in [-0.3, -0.25) is 4.79 Å². The first-order valence-electron chi connectivity index (χ1n) is 4.53. The minimum absolute atomic E-state index is 0. The number of hydrogen-bond acceptors (Lipinski definition) is 1. The van der Waals surface area contributed by atoms with Crippen molar-refractivity contribution < 1.29 is 9.90 Å². The molecular weight excluding hydrogens is 255 g/mol. The van der Waals surface area contributed by atoms with Gasteiger partial charge in [0.15, 0.2) is 0 Å². The first-order chi connectivity index (χ1) is 5.30. The summed E-state index contributed by atoms with van der Waals surface area (Å²) in [5, 5.41) is 8.76. The number of rotatable bonds is 1. The maximum atomic E-state index is 10.6. The molecule has 0 aromatic heterocycles. The second kappa shape index (κ2) is 6.81. The molecule has 0 unspecified atom stereocenters. The third kappa shape index (κ3) is 4.39. The Balaban J connectivity index is 0.00000121. The molecule has 0 heterocycles. The number of carboxylic acid groups (broad SMARTS) is 1. The van der Waals surface area contributed by atoms with Crippen LogP contribution in [-0.4, -0.2) is 36.9 Å². The van der Waals surface area contributed by atoms with Gasteiger partial charge in [-0.25, -0.2) is 0 Å². The Kier molecular flexibility index (Phi) is 7.01. The van der Waals surface area contributed by atoms with E-state index in [2.05, 4.69) is 0 Å². The second-order valence-corrected chi connectivity index (χ2v) is 3.38. The summed E-state index contributed by atoms with van der Waals surface area (Å²) in [6.07, 6.45) is 7.76. The van der Waals surface area contributed by atoms with Gasteiger partial charge in [-0.05, 0) is 12.8 Å². The van der Waals surface area contributed by atoms with Crippen LogP contribution in [0.2, 0.25) is 0 Å². The molecule has 0 atom stereocenters. The topological polar surface area (TPSA) is 37.3 Å². The average Bonchev–Trinajstić information content (AvgIpc) is 1.84. The third-order valence-electron chi connectivity index (χ3n) is 2.45. The predicted octanol–water partition coefficient (Wildman–Crippen LogP) is 1.25. The van der Waals surface area contributed by atoms with Crippen LogP contribution >= 0.6 is 0 Å². The summed E-state index contributed by atoms with van der Waals surface area (Å²) in [4.78, 5) is 10.6. The summed E-state index contributed by atoms with van der Waals surface area (Å²) in [7, 11) is 0. The normalized spacial score (nSPS) is 20.3. The Bertz CT molecular complexity index is 128. The van der Waals surface area contributed by atoms with Gasteiger partial charge in [-0.2, -0.15) is 0 Å². The van der Waals surface area contributed by atoms with E-state index in [9.17, 15) is 4.79 Å². The molecule has 0 aromatic rings. The summed E-state index contributed by atoms with van der Waals surface area (Å²) in [5.74, 6) is -0.637. The Morgan fingerprint density at radius 3 is 1.83 bits per heavy atom. The van der Waals surface area contributed by atoms with Gasteiger partial charge < -0.3 is 5.11 Å². The van der Waals surface area contributed by atoms with Crippen LogP contribution in [-0.2, 0) is 4.79 Å². The fraction of sp³-hybridized carbons (Fsp3) is 0.889. The first kappa shape index (κ1) is 12.3. The summed E-state index contributed by atoms with van der Waals surface area (Å²) < 4.78 is 0. The van der Waals surface area contributed by atoms with Gasteiger partial charge in [-0.15, -0.1) is 0 Å². The van der Waals surface area contributed by atoms with Crippen LogP contribution in [0.3, 0.4) is 0 Å². The molecule has 0 amide bonds. The Labute approximate surface area is 92.5 Å². The van der Waals surface area contributed by atoms with Crippen LogP contribution in [0, 0.1) is 5.92 Å². The number of carboxylic acids is 1. The van der Waals surface area contributed by atoms with E-state index < -0.39 is 5.97 Å². The van der Waals surface area contributed by atoms with Crippen molar-refractivity contribution in [2.75, 3.05) is 0 Å². The van der Waals surface area contributed by atoms with E-state index >= 15 is 0 Å². The van der Waals surface area contributed by atoms with Crippen LogP contribution in [0.15, 0.2) is 0 Å². The van der Waals surface area contributed by atoms with Crippen molar-refractivity contribution in [3.8, 4) is 0 Å². The molecule has 1 rings (SSSR count). The van der Waals surface area contributed by atoms with Crippen LogP contribution in [0.5, 0.6) is 0 Å². The quantitative estimate of drug-likeness (QED) is 0.781.